The van der Waals surface area contributed by atoms with E-state index in [1.165, 1.54) is 6.07 Å². The number of aromatic nitrogens is 2. The van der Waals surface area contributed by atoms with Crippen molar-refractivity contribution in [3.8, 4) is 11.6 Å². The fourth-order valence-electron chi connectivity index (χ4n) is 1.09. The Labute approximate surface area is 119 Å². The zero-order valence-electron chi connectivity index (χ0n) is 8.42. The van der Waals surface area contributed by atoms with Crippen molar-refractivity contribution in [2.24, 2.45) is 0 Å². The molecule has 0 amide bonds. The SMILES string of the molecule is Fc1cc(Oc2nc(Cl)ncc2F)c(Br)cc1Cl. The van der Waals surface area contributed by atoms with E-state index in [0.29, 0.717) is 4.47 Å². The normalized spacial score (nSPS) is 10.5. The first kappa shape index (κ1) is 13.5. The highest BCUT2D eigenvalue weighted by atomic mass is 79.9. The zero-order chi connectivity index (χ0) is 13.3. The molecule has 94 valence electrons. The van der Waals surface area contributed by atoms with Crippen LogP contribution in [0.4, 0.5) is 8.78 Å². The Morgan fingerprint density at radius 1 is 1.17 bits per heavy atom. The molecule has 0 saturated carbocycles. The third kappa shape index (κ3) is 2.88. The van der Waals surface area contributed by atoms with Crippen LogP contribution in [0.2, 0.25) is 10.3 Å². The summed E-state index contributed by atoms with van der Waals surface area (Å²) >= 11 is 14.2. The van der Waals surface area contributed by atoms with Gasteiger partial charge >= 0.3 is 0 Å². The average Bonchev–Trinajstić information content (AvgIpc) is 2.30. The first-order valence-electron chi connectivity index (χ1n) is 4.48. The van der Waals surface area contributed by atoms with E-state index in [1.807, 2.05) is 0 Å². The summed E-state index contributed by atoms with van der Waals surface area (Å²) in [6, 6.07) is 2.29. The molecule has 2 rings (SSSR count). The van der Waals surface area contributed by atoms with Crippen molar-refractivity contribution in [2.75, 3.05) is 0 Å². The van der Waals surface area contributed by atoms with Crippen molar-refractivity contribution in [1.29, 1.82) is 0 Å². The summed E-state index contributed by atoms with van der Waals surface area (Å²) < 4.78 is 32.0. The fraction of sp³-hybridized carbons (Fsp3) is 0. The van der Waals surface area contributed by atoms with Gasteiger partial charge < -0.3 is 4.74 Å². The Kier molecular flexibility index (Phi) is 3.99. The number of hydrogen-bond donors (Lipinski definition) is 0. The van der Waals surface area contributed by atoms with Gasteiger partial charge in [-0.25, -0.2) is 9.37 Å². The monoisotopic (exact) mass is 354 g/mol. The van der Waals surface area contributed by atoms with Gasteiger partial charge in [-0.1, -0.05) is 11.6 Å². The first-order chi connectivity index (χ1) is 8.47. The summed E-state index contributed by atoms with van der Waals surface area (Å²) in [6.07, 6.45) is 0.852. The van der Waals surface area contributed by atoms with Gasteiger partial charge in [0.05, 0.1) is 15.7 Å². The highest BCUT2D eigenvalue weighted by molar-refractivity contribution is 9.10. The lowest BCUT2D eigenvalue weighted by Gasteiger charge is -2.08. The highest BCUT2D eigenvalue weighted by Gasteiger charge is 2.13. The number of nitrogens with zero attached hydrogens (tertiary/aromatic N) is 2. The van der Waals surface area contributed by atoms with Gasteiger partial charge in [0, 0.05) is 6.07 Å². The molecule has 0 aliphatic carbocycles. The van der Waals surface area contributed by atoms with Gasteiger partial charge in [-0.2, -0.15) is 9.37 Å². The quantitative estimate of drug-likeness (QED) is 0.582. The summed E-state index contributed by atoms with van der Waals surface area (Å²) in [5, 5.41) is -0.271. The topological polar surface area (TPSA) is 35.0 Å². The molecule has 0 radical (unpaired) electrons. The smallest absolute Gasteiger partial charge is 0.260 e. The van der Waals surface area contributed by atoms with Crippen LogP contribution in [0.5, 0.6) is 11.6 Å². The molecule has 8 heteroatoms. The number of ether oxygens (including phenoxy) is 1. The van der Waals surface area contributed by atoms with Crippen LogP contribution in [0, 0.1) is 11.6 Å². The zero-order valence-corrected chi connectivity index (χ0v) is 11.5. The minimum Gasteiger partial charge on any atom is -0.435 e. The minimum absolute atomic E-state index is 0.0190. The van der Waals surface area contributed by atoms with E-state index in [2.05, 4.69) is 25.9 Å². The molecule has 0 saturated heterocycles. The van der Waals surface area contributed by atoms with E-state index < -0.39 is 17.5 Å². The molecule has 0 fully saturated rings. The second kappa shape index (κ2) is 5.34. The molecule has 1 heterocycles. The minimum atomic E-state index is -0.818. The van der Waals surface area contributed by atoms with Crippen molar-refractivity contribution in [3.63, 3.8) is 0 Å². The first-order valence-corrected chi connectivity index (χ1v) is 6.02. The van der Waals surface area contributed by atoms with E-state index in [-0.39, 0.29) is 16.1 Å². The van der Waals surface area contributed by atoms with E-state index in [1.54, 1.807) is 0 Å². The molecule has 0 unspecified atom stereocenters. The number of hydrogen-bond acceptors (Lipinski definition) is 3. The summed E-state index contributed by atoms with van der Waals surface area (Å²) in [7, 11) is 0. The van der Waals surface area contributed by atoms with Crippen LogP contribution in [0.3, 0.4) is 0 Å². The Bertz CT molecular complexity index is 613. The number of benzene rings is 1. The van der Waals surface area contributed by atoms with Crippen molar-refractivity contribution >= 4 is 39.1 Å². The van der Waals surface area contributed by atoms with E-state index in [4.69, 9.17) is 27.9 Å². The third-order valence-electron chi connectivity index (χ3n) is 1.86. The van der Waals surface area contributed by atoms with Gasteiger partial charge in [-0.3, -0.25) is 0 Å². The van der Waals surface area contributed by atoms with Gasteiger partial charge in [-0.15, -0.1) is 0 Å². The molecule has 0 N–H and O–H groups in total. The molecule has 0 aliphatic rings. The van der Waals surface area contributed by atoms with Crippen LogP contribution >= 0.6 is 39.1 Å². The van der Waals surface area contributed by atoms with Crippen molar-refractivity contribution in [3.05, 3.63) is 44.7 Å². The molecule has 2 aromatic rings. The summed E-state index contributed by atoms with van der Waals surface area (Å²) in [4.78, 5) is 6.97. The molecular weight excluding hydrogens is 353 g/mol. The lowest BCUT2D eigenvalue weighted by molar-refractivity contribution is 0.415. The number of rotatable bonds is 2. The second-order valence-corrected chi connectivity index (χ2v) is 4.69. The van der Waals surface area contributed by atoms with Crippen LogP contribution < -0.4 is 4.74 Å². The third-order valence-corrected chi connectivity index (χ3v) is 2.96. The molecule has 0 aliphatic heterocycles. The average molecular weight is 356 g/mol. The van der Waals surface area contributed by atoms with Gasteiger partial charge in [0.15, 0.2) is 0 Å². The predicted octanol–water partition coefficient (Wildman–Crippen LogP) is 4.62. The molecule has 1 aromatic carbocycles. The van der Waals surface area contributed by atoms with Crippen LogP contribution in [0.15, 0.2) is 22.8 Å². The predicted molar refractivity (Wildman–Crippen MR) is 66.2 cm³/mol. The highest BCUT2D eigenvalue weighted by Crippen LogP contribution is 2.33. The van der Waals surface area contributed by atoms with Gasteiger partial charge in [0.2, 0.25) is 11.1 Å². The number of halogens is 5. The van der Waals surface area contributed by atoms with Gasteiger partial charge in [-0.05, 0) is 33.6 Å². The molecule has 1 aromatic heterocycles. The van der Waals surface area contributed by atoms with E-state index >= 15 is 0 Å². The van der Waals surface area contributed by atoms with Crippen LogP contribution in [0.25, 0.3) is 0 Å². The summed E-state index contributed by atoms with van der Waals surface area (Å²) in [5.74, 6) is -1.90. The summed E-state index contributed by atoms with van der Waals surface area (Å²) in [6.45, 7) is 0. The lowest BCUT2D eigenvalue weighted by atomic mass is 10.3. The van der Waals surface area contributed by atoms with Crippen molar-refractivity contribution in [2.45, 2.75) is 0 Å². The maximum atomic E-state index is 13.3. The molecule has 18 heavy (non-hydrogen) atoms. The van der Waals surface area contributed by atoms with E-state index in [9.17, 15) is 8.78 Å². The molecule has 0 atom stereocenters. The van der Waals surface area contributed by atoms with E-state index in [0.717, 1.165) is 12.3 Å². The largest absolute Gasteiger partial charge is 0.435 e. The van der Waals surface area contributed by atoms with Gasteiger partial charge in [0.25, 0.3) is 5.88 Å². The Hall–Kier alpha value is -0.980. The standard InChI is InChI=1S/C10H3BrCl2F2N2O/c11-4-1-5(12)6(14)2-8(4)18-9-7(15)3-16-10(13)17-9/h1-3H. The fourth-order valence-corrected chi connectivity index (χ4v) is 1.93. The van der Waals surface area contributed by atoms with Crippen LogP contribution in [-0.2, 0) is 0 Å². The Morgan fingerprint density at radius 2 is 1.89 bits per heavy atom. The van der Waals surface area contributed by atoms with Crippen LogP contribution in [-0.4, -0.2) is 9.97 Å². The van der Waals surface area contributed by atoms with Crippen molar-refractivity contribution < 1.29 is 13.5 Å². The molecule has 0 bridgehead atoms. The Morgan fingerprint density at radius 3 is 2.61 bits per heavy atom. The molecular formula is C10H3BrCl2F2N2O. The maximum Gasteiger partial charge on any atom is 0.260 e. The van der Waals surface area contributed by atoms with Crippen molar-refractivity contribution in [1.82, 2.24) is 9.97 Å². The molecule has 0 spiro atoms. The second-order valence-electron chi connectivity index (χ2n) is 3.09. The van der Waals surface area contributed by atoms with Crippen LogP contribution in [0.1, 0.15) is 0 Å². The van der Waals surface area contributed by atoms with Gasteiger partial charge in [0.1, 0.15) is 11.6 Å². The Balaban J connectivity index is 2.40. The summed E-state index contributed by atoms with van der Waals surface area (Å²) in [5.41, 5.74) is 0. The molecule has 3 nitrogen and oxygen atoms in total. The lowest BCUT2D eigenvalue weighted by Crippen LogP contribution is -1.95. The maximum absolute atomic E-state index is 13.3.